The summed E-state index contributed by atoms with van der Waals surface area (Å²) in [4.78, 5) is 39.6. The normalized spacial score (nSPS) is 11.1. The van der Waals surface area contributed by atoms with Crippen molar-refractivity contribution < 1.29 is 9.18 Å². The van der Waals surface area contributed by atoms with Gasteiger partial charge in [-0.3, -0.25) is 23.7 Å². The van der Waals surface area contributed by atoms with Crippen LogP contribution in [0.5, 0.6) is 0 Å². The maximum absolute atomic E-state index is 14.6. The summed E-state index contributed by atoms with van der Waals surface area (Å²) in [6, 6.07) is 13.7. The fourth-order valence-electron chi connectivity index (χ4n) is 3.61. The summed E-state index contributed by atoms with van der Waals surface area (Å²) in [5.74, 6) is -1.12. The van der Waals surface area contributed by atoms with Crippen molar-refractivity contribution in [2.75, 3.05) is 11.5 Å². The van der Waals surface area contributed by atoms with E-state index in [9.17, 15) is 18.8 Å². The molecule has 9 nitrogen and oxygen atoms in total. The minimum absolute atomic E-state index is 0.168. The van der Waals surface area contributed by atoms with Crippen molar-refractivity contribution >= 4 is 23.4 Å². The van der Waals surface area contributed by atoms with Gasteiger partial charge in [0.05, 0.1) is 11.3 Å². The third-order valence-corrected chi connectivity index (χ3v) is 6.27. The lowest BCUT2D eigenvalue weighted by atomic mass is 10.2. The number of hydrogen-bond acceptors (Lipinski definition) is 7. The van der Waals surface area contributed by atoms with Crippen molar-refractivity contribution in [1.29, 1.82) is 0 Å². The number of hydrogen-bond donors (Lipinski definition) is 2. The molecule has 0 unspecified atom stereocenters. The van der Waals surface area contributed by atoms with Crippen molar-refractivity contribution in [2.24, 2.45) is 0 Å². The summed E-state index contributed by atoms with van der Waals surface area (Å²) in [5, 5.41) is 8.70. The zero-order valence-corrected chi connectivity index (χ0v) is 19.9. The van der Waals surface area contributed by atoms with E-state index >= 15 is 0 Å². The molecular formula is C24H23FN6O3S. The number of H-pyrrole nitrogens is 1. The third kappa shape index (κ3) is 4.80. The van der Waals surface area contributed by atoms with Crippen LogP contribution in [0.4, 0.5) is 10.2 Å². The van der Waals surface area contributed by atoms with Gasteiger partial charge in [-0.15, -0.1) is 10.2 Å². The number of rotatable bonds is 8. The van der Waals surface area contributed by atoms with Crippen molar-refractivity contribution in [3.63, 3.8) is 0 Å². The molecule has 2 heterocycles. The molecule has 0 aliphatic carbocycles. The number of aryl methyl sites for hydroxylation is 1. The maximum Gasteiger partial charge on any atom is 0.329 e. The number of carbonyl (C=O) groups excluding carboxylic acids is 1. The minimum Gasteiger partial charge on any atom is -0.384 e. The minimum atomic E-state index is -0.836. The van der Waals surface area contributed by atoms with E-state index in [2.05, 4.69) is 15.2 Å². The average Bonchev–Trinajstić information content (AvgIpc) is 3.24. The van der Waals surface area contributed by atoms with Gasteiger partial charge in [0.15, 0.2) is 16.8 Å². The summed E-state index contributed by atoms with van der Waals surface area (Å²) in [6.45, 7) is 4.06. The zero-order valence-electron chi connectivity index (χ0n) is 19.1. The highest BCUT2D eigenvalue weighted by Crippen LogP contribution is 2.30. The summed E-state index contributed by atoms with van der Waals surface area (Å²) in [7, 11) is 0. The summed E-state index contributed by atoms with van der Waals surface area (Å²) in [6.07, 6.45) is 0.594. The number of Topliss-reactive ketones (excluding diaryl/α,β-unsaturated/α-hetero) is 1. The first-order chi connectivity index (χ1) is 16.8. The van der Waals surface area contributed by atoms with Crippen LogP contribution in [-0.4, -0.2) is 35.9 Å². The number of halogens is 1. The van der Waals surface area contributed by atoms with Gasteiger partial charge < -0.3 is 5.73 Å². The summed E-state index contributed by atoms with van der Waals surface area (Å²) in [5.41, 5.74) is 6.21. The van der Waals surface area contributed by atoms with E-state index in [1.54, 1.807) is 22.8 Å². The van der Waals surface area contributed by atoms with Crippen molar-refractivity contribution in [3.8, 4) is 17.1 Å². The third-order valence-electron chi connectivity index (χ3n) is 5.34. The molecule has 0 saturated carbocycles. The second-order valence-electron chi connectivity index (χ2n) is 7.84. The fraction of sp³-hybridized carbons (Fsp3) is 0.208. The standard InChI is InChI=1S/C24H23FN6O3S/c1-3-12-30-20(26)19(22(33)27-23(30)34)18(32)13-35-24-29-28-21(16-6-4-5-7-17(16)25)31(24)15-10-8-14(2)9-11-15/h4-11H,3,12-13,26H2,1-2H3,(H,27,33,34). The van der Waals surface area contributed by atoms with Gasteiger partial charge in [0.2, 0.25) is 0 Å². The quantitative estimate of drug-likeness (QED) is 0.284. The van der Waals surface area contributed by atoms with Gasteiger partial charge in [-0.25, -0.2) is 9.18 Å². The molecule has 3 N–H and O–H groups in total. The Bertz CT molecular complexity index is 1510. The van der Waals surface area contributed by atoms with Crippen LogP contribution in [0.15, 0.2) is 63.3 Å². The van der Waals surface area contributed by atoms with Crippen LogP contribution in [0.2, 0.25) is 0 Å². The van der Waals surface area contributed by atoms with E-state index in [0.717, 1.165) is 17.3 Å². The predicted molar refractivity (Wildman–Crippen MR) is 133 cm³/mol. The van der Waals surface area contributed by atoms with Crippen molar-refractivity contribution in [2.45, 2.75) is 32.0 Å². The lowest BCUT2D eigenvalue weighted by Crippen LogP contribution is -2.36. The van der Waals surface area contributed by atoms with E-state index in [0.29, 0.717) is 17.3 Å². The Morgan fingerprint density at radius 2 is 1.83 bits per heavy atom. The van der Waals surface area contributed by atoms with Crippen molar-refractivity contribution in [1.82, 2.24) is 24.3 Å². The van der Waals surface area contributed by atoms with Crippen LogP contribution < -0.4 is 17.0 Å². The summed E-state index contributed by atoms with van der Waals surface area (Å²) < 4.78 is 17.4. The molecule has 4 aromatic rings. The predicted octanol–water partition coefficient (Wildman–Crippen LogP) is 3.20. The first-order valence-electron chi connectivity index (χ1n) is 10.9. The Labute approximate surface area is 203 Å². The van der Waals surface area contributed by atoms with Gasteiger partial charge >= 0.3 is 5.69 Å². The van der Waals surface area contributed by atoms with Crippen LogP contribution in [0.1, 0.15) is 29.3 Å². The van der Waals surface area contributed by atoms with Crippen LogP contribution in [-0.2, 0) is 6.54 Å². The highest BCUT2D eigenvalue weighted by Gasteiger charge is 2.23. The number of thioether (sulfide) groups is 1. The average molecular weight is 495 g/mol. The number of benzene rings is 2. The molecule has 0 aliphatic heterocycles. The summed E-state index contributed by atoms with van der Waals surface area (Å²) >= 11 is 1.03. The molecule has 0 saturated heterocycles. The smallest absolute Gasteiger partial charge is 0.329 e. The van der Waals surface area contributed by atoms with Crippen molar-refractivity contribution in [3.05, 3.63) is 86.3 Å². The molecule has 0 bridgehead atoms. The van der Waals surface area contributed by atoms with E-state index in [4.69, 9.17) is 5.73 Å². The Morgan fingerprint density at radius 1 is 1.11 bits per heavy atom. The van der Waals surface area contributed by atoms with E-state index in [-0.39, 0.29) is 35.1 Å². The SMILES string of the molecule is CCCn1c(N)c(C(=O)CSc2nnc(-c3ccccc3F)n2-c2ccc(C)cc2)c(=O)[nH]c1=O. The molecule has 35 heavy (non-hydrogen) atoms. The first-order valence-corrected chi connectivity index (χ1v) is 11.9. The van der Waals surface area contributed by atoms with Crippen LogP contribution in [0.25, 0.3) is 17.1 Å². The largest absolute Gasteiger partial charge is 0.384 e. The number of ketones is 1. The fourth-order valence-corrected chi connectivity index (χ4v) is 4.44. The van der Waals surface area contributed by atoms with Crippen LogP contribution >= 0.6 is 11.8 Å². The Morgan fingerprint density at radius 3 is 2.51 bits per heavy atom. The van der Waals surface area contributed by atoms with Gasteiger partial charge in [-0.05, 0) is 37.6 Å². The Kier molecular flexibility index (Phi) is 6.97. The Balaban J connectivity index is 1.72. The molecule has 2 aromatic carbocycles. The van der Waals surface area contributed by atoms with Gasteiger partial charge in [0, 0.05) is 12.2 Å². The number of nitrogens with zero attached hydrogens (tertiary/aromatic N) is 4. The maximum atomic E-state index is 14.6. The molecule has 2 aromatic heterocycles. The molecule has 180 valence electrons. The number of anilines is 1. The van der Waals surface area contributed by atoms with E-state index in [1.165, 1.54) is 10.6 Å². The molecular weight excluding hydrogens is 471 g/mol. The number of aromatic nitrogens is 5. The number of nitrogens with one attached hydrogen (secondary N) is 1. The molecule has 0 radical (unpaired) electrons. The first kappa shape index (κ1) is 24.1. The topological polar surface area (TPSA) is 129 Å². The molecule has 0 amide bonds. The second kappa shape index (κ2) is 10.1. The lowest BCUT2D eigenvalue weighted by molar-refractivity contribution is 0.102. The van der Waals surface area contributed by atoms with Gasteiger partial charge in [-0.2, -0.15) is 0 Å². The monoisotopic (exact) mass is 494 g/mol. The molecule has 0 atom stereocenters. The van der Waals surface area contributed by atoms with Crippen LogP contribution in [0.3, 0.4) is 0 Å². The van der Waals surface area contributed by atoms with Gasteiger partial charge in [0.25, 0.3) is 5.56 Å². The Hall–Kier alpha value is -3.99. The van der Waals surface area contributed by atoms with Gasteiger partial charge in [0.1, 0.15) is 17.2 Å². The molecule has 4 rings (SSSR count). The number of nitrogens with two attached hydrogens (primary N) is 1. The molecule has 0 aliphatic rings. The number of carbonyl (C=O) groups is 1. The molecule has 0 fully saturated rings. The van der Waals surface area contributed by atoms with E-state index in [1.807, 2.05) is 38.1 Å². The second-order valence-corrected chi connectivity index (χ2v) is 8.78. The molecule has 0 spiro atoms. The number of nitrogen functional groups attached to an aromatic ring is 1. The molecule has 11 heteroatoms. The lowest BCUT2D eigenvalue weighted by Gasteiger charge is -2.12. The highest BCUT2D eigenvalue weighted by atomic mass is 32.2. The van der Waals surface area contributed by atoms with Crippen LogP contribution in [0, 0.1) is 12.7 Å². The highest BCUT2D eigenvalue weighted by molar-refractivity contribution is 7.99. The zero-order chi connectivity index (χ0) is 25.1. The van der Waals surface area contributed by atoms with Gasteiger partial charge in [-0.1, -0.05) is 48.5 Å². The van der Waals surface area contributed by atoms with E-state index < -0.39 is 22.8 Å². The number of aromatic amines is 1.